The number of aryl methyl sites for hydroxylation is 2. The second-order valence-corrected chi connectivity index (χ2v) is 9.22. The van der Waals surface area contributed by atoms with Gasteiger partial charge in [0.1, 0.15) is 11.3 Å². The SMILES string of the molecule is CCN(CC)S(=O)(=O)c1cc(NC(=O)COc2ccc3c(C)cc(=O)oc3c2)ccc1C. The Morgan fingerprint density at radius 1 is 1.03 bits per heavy atom. The van der Waals surface area contributed by atoms with Crippen LogP contribution in [0.3, 0.4) is 0 Å². The maximum atomic E-state index is 12.9. The van der Waals surface area contributed by atoms with E-state index in [0.717, 1.165) is 10.9 Å². The fraction of sp³-hybridized carbons (Fsp3) is 0.304. The zero-order valence-electron chi connectivity index (χ0n) is 18.5. The minimum absolute atomic E-state index is 0.153. The Bertz CT molecular complexity index is 1310. The van der Waals surface area contributed by atoms with Crippen molar-refractivity contribution in [1.82, 2.24) is 4.31 Å². The molecule has 3 rings (SSSR count). The van der Waals surface area contributed by atoms with Gasteiger partial charge >= 0.3 is 5.63 Å². The lowest BCUT2D eigenvalue weighted by Crippen LogP contribution is -2.31. The lowest BCUT2D eigenvalue weighted by atomic mass is 10.1. The van der Waals surface area contributed by atoms with E-state index in [0.29, 0.717) is 35.7 Å². The molecule has 0 atom stereocenters. The summed E-state index contributed by atoms with van der Waals surface area (Å²) in [5.74, 6) is -0.0825. The molecule has 2 aromatic carbocycles. The fourth-order valence-electron chi connectivity index (χ4n) is 3.40. The number of anilines is 1. The quantitative estimate of drug-likeness (QED) is 0.518. The Labute approximate surface area is 186 Å². The highest BCUT2D eigenvalue weighted by Crippen LogP contribution is 2.24. The van der Waals surface area contributed by atoms with Gasteiger partial charge in [-0.05, 0) is 49.2 Å². The summed E-state index contributed by atoms with van der Waals surface area (Å²) in [6.45, 7) is 7.49. The van der Waals surface area contributed by atoms with Crippen LogP contribution in [-0.2, 0) is 14.8 Å². The molecule has 0 aliphatic carbocycles. The van der Waals surface area contributed by atoms with E-state index in [1.54, 1.807) is 51.1 Å². The number of amides is 1. The predicted octanol–water partition coefficient (Wildman–Crippen LogP) is 3.46. The van der Waals surface area contributed by atoms with E-state index >= 15 is 0 Å². The molecule has 0 bridgehead atoms. The van der Waals surface area contributed by atoms with E-state index in [4.69, 9.17) is 9.15 Å². The number of hydrogen-bond donors (Lipinski definition) is 1. The first-order chi connectivity index (χ1) is 15.1. The summed E-state index contributed by atoms with van der Waals surface area (Å²) in [6, 6.07) is 11.1. The van der Waals surface area contributed by atoms with Gasteiger partial charge < -0.3 is 14.5 Å². The molecule has 1 aromatic heterocycles. The van der Waals surface area contributed by atoms with Gasteiger partial charge in [-0.2, -0.15) is 4.31 Å². The molecule has 1 N–H and O–H groups in total. The van der Waals surface area contributed by atoms with Crippen LogP contribution in [-0.4, -0.2) is 38.3 Å². The Morgan fingerprint density at radius 3 is 2.44 bits per heavy atom. The Hall–Kier alpha value is -3.17. The third kappa shape index (κ3) is 5.00. The summed E-state index contributed by atoms with van der Waals surface area (Å²) in [4.78, 5) is 24.1. The topological polar surface area (TPSA) is 106 Å². The number of fused-ring (bicyclic) bond motifs is 1. The predicted molar refractivity (Wildman–Crippen MR) is 123 cm³/mol. The molecule has 0 saturated heterocycles. The molecule has 9 heteroatoms. The van der Waals surface area contributed by atoms with Crippen LogP contribution in [0.15, 0.2) is 56.6 Å². The Morgan fingerprint density at radius 2 is 1.75 bits per heavy atom. The zero-order chi connectivity index (χ0) is 23.5. The van der Waals surface area contributed by atoms with Crippen molar-refractivity contribution in [3.63, 3.8) is 0 Å². The molecule has 0 spiro atoms. The molecule has 3 aromatic rings. The second-order valence-electron chi connectivity index (χ2n) is 7.31. The van der Waals surface area contributed by atoms with Gasteiger partial charge in [0.05, 0.1) is 4.90 Å². The van der Waals surface area contributed by atoms with Gasteiger partial charge in [-0.1, -0.05) is 19.9 Å². The van der Waals surface area contributed by atoms with Gasteiger partial charge in [0.25, 0.3) is 5.91 Å². The van der Waals surface area contributed by atoms with Crippen molar-refractivity contribution in [3.8, 4) is 5.75 Å². The third-order valence-corrected chi connectivity index (χ3v) is 7.28. The molecule has 32 heavy (non-hydrogen) atoms. The number of sulfonamides is 1. The molecular formula is C23H26N2O6S. The number of rotatable bonds is 8. The highest BCUT2D eigenvalue weighted by molar-refractivity contribution is 7.89. The lowest BCUT2D eigenvalue weighted by Gasteiger charge is -2.20. The van der Waals surface area contributed by atoms with Crippen LogP contribution in [0.1, 0.15) is 25.0 Å². The van der Waals surface area contributed by atoms with Crippen molar-refractivity contribution in [2.75, 3.05) is 25.0 Å². The van der Waals surface area contributed by atoms with E-state index < -0.39 is 21.6 Å². The van der Waals surface area contributed by atoms with Crippen LogP contribution < -0.4 is 15.7 Å². The van der Waals surface area contributed by atoms with Crippen molar-refractivity contribution >= 4 is 32.6 Å². The monoisotopic (exact) mass is 458 g/mol. The van der Waals surface area contributed by atoms with E-state index in [2.05, 4.69) is 5.32 Å². The largest absolute Gasteiger partial charge is 0.484 e. The summed E-state index contributed by atoms with van der Waals surface area (Å²) < 4.78 is 37.8. The normalized spacial score (nSPS) is 11.7. The van der Waals surface area contributed by atoms with Gasteiger partial charge in [0, 0.05) is 36.3 Å². The molecule has 0 aliphatic heterocycles. The molecule has 0 saturated carbocycles. The van der Waals surface area contributed by atoms with Gasteiger partial charge in [0.15, 0.2) is 6.61 Å². The first-order valence-corrected chi connectivity index (χ1v) is 11.7. The van der Waals surface area contributed by atoms with Crippen molar-refractivity contribution < 1.29 is 22.4 Å². The number of nitrogens with one attached hydrogen (secondary N) is 1. The summed E-state index contributed by atoms with van der Waals surface area (Å²) in [5, 5.41) is 3.44. The van der Waals surface area contributed by atoms with Gasteiger partial charge in [-0.3, -0.25) is 4.79 Å². The minimum atomic E-state index is -3.66. The van der Waals surface area contributed by atoms with Crippen LogP contribution >= 0.6 is 0 Å². The maximum absolute atomic E-state index is 12.9. The van der Waals surface area contributed by atoms with Crippen molar-refractivity contribution in [3.05, 3.63) is 64.0 Å². The zero-order valence-corrected chi connectivity index (χ0v) is 19.3. The number of ether oxygens (including phenoxy) is 1. The number of carbonyl (C=O) groups excluding carboxylic acids is 1. The van der Waals surface area contributed by atoms with E-state index in [-0.39, 0.29) is 11.5 Å². The molecular weight excluding hydrogens is 432 g/mol. The standard InChI is InChI=1S/C23H26N2O6S/c1-5-25(6-2)32(28,29)21-12-17(8-7-15(21)3)24-22(26)14-30-18-9-10-19-16(4)11-23(27)31-20(19)13-18/h7-13H,5-6,14H2,1-4H3,(H,24,26). The molecule has 1 heterocycles. The molecule has 170 valence electrons. The molecule has 0 aliphatic rings. The van der Waals surface area contributed by atoms with Crippen molar-refractivity contribution in [2.24, 2.45) is 0 Å². The first-order valence-electron chi connectivity index (χ1n) is 10.2. The van der Waals surface area contributed by atoms with Crippen LogP contribution in [0.4, 0.5) is 5.69 Å². The molecule has 0 unspecified atom stereocenters. The van der Waals surface area contributed by atoms with Gasteiger partial charge in [0.2, 0.25) is 10.0 Å². The molecule has 0 radical (unpaired) electrons. The number of carbonyl (C=O) groups is 1. The van der Waals surface area contributed by atoms with Crippen LogP contribution in [0, 0.1) is 13.8 Å². The lowest BCUT2D eigenvalue weighted by molar-refractivity contribution is -0.118. The smallest absolute Gasteiger partial charge is 0.336 e. The van der Waals surface area contributed by atoms with Crippen LogP contribution in [0.2, 0.25) is 0 Å². The van der Waals surface area contributed by atoms with Gasteiger partial charge in [-0.15, -0.1) is 0 Å². The van der Waals surface area contributed by atoms with E-state index in [1.807, 2.05) is 6.92 Å². The fourth-order valence-corrected chi connectivity index (χ4v) is 5.11. The number of nitrogens with zero attached hydrogens (tertiary/aromatic N) is 1. The Balaban J connectivity index is 1.73. The molecule has 0 fully saturated rings. The van der Waals surface area contributed by atoms with Crippen molar-refractivity contribution in [1.29, 1.82) is 0 Å². The average Bonchev–Trinajstić information content (AvgIpc) is 2.73. The molecule has 1 amide bonds. The number of benzene rings is 2. The minimum Gasteiger partial charge on any atom is -0.484 e. The summed E-state index contributed by atoms with van der Waals surface area (Å²) in [6.07, 6.45) is 0. The van der Waals surface area contributed by atoms with Crippen LogP contribution in [0.25, 0.3) is 11.0 Å². The van der Waals surface area contributed by atoms with Crippen LogP contribution in [0.5, 0.6) is 5.75 Å². The van der Waals surface area contributed by atoms with Gasteiger partial charge in [-0.25, -0.2) is 13.2 Å². The average molecular weight is 459 g/mol. The third-order valence-electron chi connectivity index (χ3n) is 5.09. The Kier molecular flexibility index (Phi) is 7.00. The number of hydrogen-bond acceptors (Lipinski definition) is 6. The van der Waals surface area contributed by atoms with E-state index in [9.17, 15) is 18.0 Å². The maximum Gasteiger partial charge on any atom is 0.336 e. The first kappa shape index (κ1) is 23.5. The molecule has 8 nitrogen and oxygen atoms in total. The van der Waals surface area contributed by atoms with E-state index in [1.165, 1.54) is 16.4 Å². The summed E-state index contributed by atoms with van der Waals surface area (Å²) in [7, 11) is -3.66. The second kappa shape index (κ2) is 9.54. The highest BCUT2D eigenvalue weighted by Gasteiger charge is 2.24. The summed E-state index contributed by atoms with van der Waals surface area (Å²) in [5.41, 5.74) is 1.65. The summed E-state index contributed by atoms with van der Waals surface area (Å²) >= 11 is 0. The highest BCUT2D eigenvalue weighted by atomic mass is 32.2. The van der Waals surface area contributed by atoms with Crippen molar-refractivity contribution in [2.45, 2.75) is 32.6 Å².